The Morgan fingerprint density at radius 2 is 0.434 bits per heavy atom. The maximum Gasteiger partial charge on any atom is 0.306 e. The van der Waals surface area contributed by atoms with Gasteiger partial charge in [-0.3, -0.25) is 14.4 Å². The molecule has 0 radical (unpaired) electrons. The van der Waals surface area contributed by atoms with E-state index >= 15 is 0 Å². The molecular weight excluding hydrogens is 1020 g/mol. The van der Waals surface area contributed by atoms with Gasteiger partial charge in [-0.25, -0.2) is 0 Å². The van der Waals surface area contributed by atoms with Crippen LogP contribution in [0.2, 0.25) is 0 Å². The number of hydrogen-bond acceptors (Lipinski definition) is 6. The topological polar surface area (TPSA) is 78.9 Å². The first-order valence-corrected chi connectivity index (χ1v) is 31.9. The van der Waals surface area contributed by atoms with Crippen LogP contribution in [0.4, 0.5) is 0 Å². The number of allylic oxidation sites excluding steroid dienone is 38. The van der Waals surface area contributed by atoms with E-state index in [0.717, 1.165) is 154 Å². The number of hydrogen-bond donors (Lipinski definition) is 0. The van der Waals surface area contributed by atoms with Crippen molar-refractivity contribution in [2.24, 2.45) is 0 Å². The van der Waals surface area contributed by atoms with Crippen molar-refractivity contribution in [3.63, 3.8) is 0 Å². The molecule has 0 aliphatic rings. The molecule has 1 unspecified atom stereocenters. The van der Waals surface area contributed by atoms with E-state index in [1.807, 2.05) is 0 Å². The molecule has 0 saturated carbocycles. The highest BCUT2D eigenvalue weighted by molar-refractivity contribution is 5.71. The predicted molar refractivity (Wildman–Crippen MR) is 361 cm³/mol. The third-order valence-electron chi connectivity index (χ3n) is 12.1. The Bertz CT molecular complexity index is 2130. The fraction of sp³-hybridized carbons (Fsp3) is 0.468. The standard InChI is InChI=1S/C77H112O6/c1-4-7-10-13-16-19-22-25-28-30-32-34-35-36-37-38-39-40-41-43-44-46-49-52-55-58-61-64-67-70-76(79)82-73-74(72-81-75(78)69-66-63-60-57-54-51-48-27-24-21-18-15-12-9-6-3)83-77(80)71-68-65-62-59-56-53-50-47-45-42-33-31-29-26-23-20-17-14-11-8-5-2/h7-12,16-21,25-29,32-34,36-37,39-40,42-44,47-50,52,54,56-59,61,74H,4-6,13-15,22-24,30-31,35,38,41,45-46,51,53,55,60,62-73H2,1-3H3/b10-7-,11-8-,12-9-,19-16-,20-17-,21-18-,28-25-,29-26-,34-32-,37-36-,40-39-,42-33-,44-43-,48-27-,50-47-,52-49-,57-54-,59-56-,61-58-. The Balaban J connectivity index is 4.63. The van der Waals surface area contributed by atoms with Crippen LogP contribution >= 0.6 is 0 Å². The molecule has 1 atom stereocenters. The fourth-order valence-electron chi connectivity index (χ4n) is 7.49. The van der Waals surface area contributed by atoms with Gasteiger partial charge in [-0.15, -0.1) is 0 Å². The molecule has 0 amide bonds. The predicted octanol–water partition coefficient (Wildman–Crippen LogP) is 22.3. The quantitative estimate of drug-likeness (QED) is 0.0261. The number of carbonyl (C=O) groups excluding carboxylic acids is 3. The molecular formula is C77H112O6. The van der Waals surface area contributed by atoms with E-state index in [1.165, 1.54) is 0 Å². The molecule has 6 nitrogen and oxygen atoms in total. The summed E-state index contributed by atoms with van der Waals surface area (Å²) >= 11 is 0. The monoisotopic (exact) mass is 1130 g/mol. The van der Waals surface area contributed by atoms with Gasteiger partial charge in [0.25, 0.3) is 0 Å². The summed E-state index contributed by atoms with van der Waals surface area (Å²) in [6.07, 6.45) is 108. The minimum atomic E-state index is -0.860. The first-order valence-electron chi connectivity index (χ1n) is 31.9. The molecule has 0 aliphatic carbocycles. The third-order valence-corrected chi connectivity index (χ3v) is 12.1. The Kier molecular flexibility index (Phi) is 62.6. The normalized spacial score (nSPS) is 13.7. The van der Waals surface area contributed by atoms with E-state index < -0.39 is 6.10 Å². The molecule has 6 heteroatoms. The summed E-state index contributed by atoms with van der Waals surface area (Å²) in [5.74, 6) is -1.11. The zero-order chi connectivity index (χ0) is 59.9. The minimum Gasteiger partial charge on any atom is -0.462 e. The summed E-state index contributed by atoms with van der Waals surface area (Å²) in [4.78, 5) is 38.3. The summed E-state index contributed by atoms with van der Waals surface area (Å²) < 4.78 is 16.8. The van der Waals surface area contributed by atoms with E-state index in [1.54, 1.807) is 0 Å². The largest absolute Gasteiger partial charge is 0.462 e. The third kappa shape index (κ3) is 66.2. The minimum absolute atomic E-state index is 0.150. The first kappa shape index (κ1) is 76.5. The van der Waals surface area contributed by atoms with Crippen LogP contribution in [0.3, 0.4) is 0 Å². The molecule has 83 heavy (non-hydrogen) atoms. The van der Waals surface area contributed by atoms with Gasteiger partial charge in [0, 0.05) is 19.3 Å². The number of esters is 3. The van der Waals surface area contributed by atoms with Crippen molar-refractivity contribution in [3.8, 4) is 0 Å². The molecule has 0 aromatic rings. The van der Waals surface area contributed by atoms with Gasteiger partial charge in [0.05, 0.1) is 0 Å². The fourth-order valence-corrected chi connectivity index (χ4v) is 7.49. The van der Waals surface area contributed by atoms with Crippen LogP contribution in [-0.4, -0.2) is 37.2 Å². The van der Waals surface area contributed by atoms with Crippen LogP contribution in [0.25, 0.3) is 0 Å². The van der Waals surface area contributed by atoms with Crippen LogP contribution in [0.1, 0.15) is 213 Å². The van der Waals surface area contributed by atoms with Gasteiger partial charge < -0.3 is 14.2 Å². The number of unbranched alkanes of at least 4 members (excludes halogenated alkanes) is 5. The van der Waals surface area contributed by atoms with Crippen molar-refractivity contribution in [1.82, 2.24) is 0 Å². The molecule has 0 aromatic heterocycles. The Labute approximate surface area is 507 Å². The van der Waals surface area contributed by atoms with Crippen molar-refractivity contribution in [2.75, 3.05) is 13.2 Å². The van der Waals surface area contributed by atoms with Crippen LogP contribution in [0.5, 0.6) is 0 Å². The van der Waals surface area contributed by atoms with Gasteiger partial charge in [-0.05, 0) is 173 Å². The van der Waals surface area contributed by atoms with Gasteiger partial charge >= 0.3 is 17.9 Å². The summed E-state index contributed by atoms with van der Waals surface area (Å²) in [7, 11) is 0. The average Bonchev–Trinajstić information content (AvgIpc) is 3.49. The molecule has 0 fully saturated rings. The zero-order valence-corrected chi connectivity index (χ0v) is 52.1. The lowest BCUT2D eigenvalue weighted by Crippen LogP contribution is -2.30. The highest BCUT2D eigenvalue weighted by Gasteiger charge is 2.19. The molecule has 0 aliphatic heterocycles. The SMILES string of the molecule is CC/C=C\C/C=C\C/C=C\C/C=C\C/C=C\C/C=C\C/C=C\C/C=C\C/C=C\CCCC(=O)OCC(COC(=O)CCCC/C=C\C/C=C\C/C=C\C/C=C\CC)OC(=O)CCCC/C=C\C/C=C\C/C=C\C/C=C\C/C=C\C/C=C\CC. The van der Waals surface area contributed by atoms with Gasteiger partial charge in [0.15, 0.2) is 6.10 Å². The summed E-state index contributed by atoms with van der Waals surface area (Å²) in [6, 6.07) is 0. The highest BCUT2D eigenvalue weighted by atomic mass is 16.6. The molecule has 0 aromatic carbocycles. The Morgan fingerprint density at radius 1 is 0.241 bits per heavy atom. The molecule has 456 valence electrons. The lowest BCUT2D eigenvalue weighted by molar-refractivity contribution is -0.167. The second-order valence-corrected chi connectivity index (χ2v) is 19.8. The van der Waals surface area contributed by atoms with Gasteiger partial charge in [-0.2, -0.15) is 0 Å². The molecule has 0 spiro atoms. The van der Waals surface area contributed by atoms with Crippen molar-refractivity contribution in [2.45, 2.75) is 219 Å². The van der Waals surface area contributed by atoms with Crippen molar-refractivity contribution < 1.29 is 28.6 Å². The van der Waals surface area contributed by atoms with Crippen molar-refractivity contribution in [3.05, 3.63) is 231 Å². The van der Waals surface area contributed by atoms with Gasteiger partial charge in [-0.1, -0.05) is 252 Å². The second kappa shape index (κ2) is 68.0. The number of ether oxygens (including phenoxy) is 3. The highest BCUT2D eigenvalue weighted by Crippen LogP contribution is 2.10. The summed E-state index contributed by atoms with van der Waals surface area (Å²) in [5, 5.41) is 0. The lowest BCUT2D eigenvalue weighted by atomic mass is 10.1. The van der Waals surface area contributed by atoms with Crippen molar-refractivity contribution in [1.29, 1.82) is 0 Å². The van der Waals surface area contributed by atoms with Crippen molar-refractivity contribution >= 4 is 17.9 Å². The maximum absolute atomic E-state index is 12.9. The van der Waals surface area contributed by atoms with Crippen LogP contribution in [0, 0.1) is 0 Å². The zero-order valence-electron chi connectivity index (χ0n) is 52.1. The first-order chi connectivity index (χ1) is 41.0. The van der Waals surface area contributed by atoms with Crippen LogP contribution < -0.4 is 0 Å². The van der Waals surface area contributed by atoms with E-state index in [-0.39, 0.29) is 50.4 Å². The van der Waals surface area contributed by atoms with E-state index in [0.29, 0.717) is 19.3 Å². The summed E-state index contributed by atoms with van der Waals surface area (Å²) in [6.45, 7) is 6.15. The molecule has 0 N–H and O–H groups in total. The molecule has 0 bridgehead atoms. The number of rotatable bonds is 54. The molecule has 0 saturated heterocycles. The van der Waals surface area contributed by atoms with E-state index in [2.05, 4.69) is 252 Å². The average molecular weight is 1130 g/mol. The number of carbonyl (C=O) groups is 3. The Hall–Kier alpha value is -6.53. The molecule has 0 rings (SSSR count). The van der Waals surface area contributed by atoms with E-state index in [4.69, 9.17) is 14.2 Å². The van der Waals surface area contributed by atoms with E-state index in [9.17, 15) is 14.4 Å². The second-order valence-electron chi connectivity index (χ2n) is 19.8. The van der Waals surface area contributed by atoms with Gasteiger partial charge in [0.2, 0.25) is 0 Å². The summed E-state index contributed by atoms with van der Waals surface area (Å²) in [5.41, 5.74) is 0. The lowest BCUT2D eigenvalue weighted by Gasteiger charge is -2.18. The van der Waals surface area contributed by atoms with Crippen LogP contribution in [0.15, 0.2) is 231 Å². The smallest absolute Gasteiger partial charge is 0.306 e. The van der Waals surface area contributed by atoms with Gasteiger partial charge in [0.1, 0.15) is 13.2 Å². The van der Waals surface area contributed by atoms with Crippen LogP contribution in [-0.2, 0) is 28.6 Å². The molecule has 0 heterocycles. The maximum atomic E-state index is 12.9. The Morgan fingerprint density at radius 3 is 0.675 bits per heavy atom.